The van der Waals surface area contributed by atoms with Gasteiger partial charge in [0.25, 0.3) is 0 Å². The lowest BCUT2D eigenvalue weighted by atomic mass is 10.1. The van der Waals surface area contributed by atoms with Crippen LogP contribution in [-0.2, 0) is 9.53 Å². The van der Waals surface area contributed by atoms with Crippen molar-refractivity contribution in [1.29, 1.82) is 0 Å². The fourth-order valence-corrected chi connectivity index (χ4v) is 4.17. The Morgan fingerprint density at radius 2 is 2.25 bits per heavy atom. The number of benzene rings is 1. The summed E-state index contributed by atoms with van der Waals surface area (Å²) in [5, 5.41) is 9.06. The van der Waals surface area contributed by atoms with E-state index < -0.39 is 0 Å². The number of amides is 1. The maximum Gasteiger partial charge on any atom is 0.230 e. The smallest absolute Gasteiger partial charge is 0.230 e. The summed E-state index contributed by atoms with van der Waals surface area (Å²) in [6, 6.07) is 6.23. The number of rotatable bonds is 6. The molecule has 0 bridgehead atoms. The van der Waals surface area contributed by atoms with E-state index in [1.54, 1.807) is 6.20 Å². The van der Waals surface area contributed by atoms with Crippen LogP contribution in [0.4, 0.5) is 0 Å². The number of hydrogen-bond donors (Lipinski definition) is 1. The summed E-state index contributed by atoms with van der Waals surface area (Å²) < 4.78 is 7.36. The van der Waals surface area contributed by atoms with Gasteiger partial charge in [0.15, 0.2) is 5.65 Å². The van der Waals surface area contributed by atoms with Crippen molar-refractivity contribution in [2.45, 2.75) is 37.8 Å². The first-order valence-electron chi connectivity index (χ1n) is 9.39. The van der Waals surface area contributed by atoms with Crippen LogP contribution in [0.1, 0.15) is 24.0 Å². The molecule has 4 rings (SSSR count). The molecule has 28 heavy (non-hydrogen) atoms. The third-order valence-corrected chi connectivity index (χ3v) is 5.81. The molecule has 7 nitrogen and oxygen atoms in total. The molecule has 0 unspecified atom stereocenters. The first-order chi connectivity index (χ1) is 13.6. The van der Waals surface area contributed by atoms with Crippen molar-refractivity contribution in [3.05, 3.63) is 41.9 Å². The molecule has 0 radical (unpaired) electrons. The highest BCUT2D eigenvalue weighted by molar-refractivity contribution is 8.00. The predicted molar refractivity (Wildman–Crippen MR) is 109 cm³/mol. The fraction of sp³-hybridized carbons (Fsp3) is 0.400. The van der Waals surface area contributed by atoms with Gasteiger partial charge in [0, 0.05) is 13.2 Å². The van der Waals surface area contributed by atoms with Crippen LogP contribution >= 0.6 is 11.8 Å². The van der Waals surface area contributed by atoms with Gasteiger partial charge in [0.05, 0.1) is 29.1 Å². The number of thioether (sulfide) groups is 1. The molecule has 8 heteroatoms. The minimum Gasteiger partial charge on any atom is -0.376 e. The summed E-state index contributed by atoms with van der Waals surface area (Å²) in [5.74, 6) is 0.280. The topological polar surface area (TPSA) is 81.9 Å². The van der Waals surface area contributed by atoms with Crippen molar-refractivity contribution in [3.8, 4) is 5.69 Å². The number of carbonyl (C=O) groups is 1. The Bertz CT molecular complexity index is 997. The highest BCUT2D eigenvalue weighted by Gasteiger charge is 2.17. The van der Waals surface area contributed by atoms with Gasteiger partial charge in [-0.1, -0.05) is 29.5 Å². The number of aromatic nitrogens is 4. The van der Waals surface area contributed by atoms with Crippen LogP contribution in [-0.4, -0.2) is 50.7 Å². The van der Waals surface area contributed by atoms with Crippen LogP contribution in [0.5, 0.6) is 0 Å². The standard InChI is InChI=1S/C20H23N5O2S/c1-13-5-6-17(14(2)8-13)25-19-16(10-24-25)20(23-12-22-19)28-11-18(26)21-9-15-4-3-7-27-15/h5-6,8,10,12,15H,3-4,7,9,11H2,1-2H3,(H,21,26)/t15-/m0/s1. The number of fused-ring (bicyclic) bond motifs is 1. The van der Waals surface area contributed by atoms with Gasteiger partial charge in [0.2, 0.25) is 5.91 Å². The summed E-state index contributed by atoms with van der Waals surface area (Å²) in [5.41, 5.74) is 4.07. The molecule has 1 N–H and O–H groups in total. The minimum absolute atomic E-state index is 0.0194. The Morgan fingerprint density at radius 3 is 3.04 bits per heavy atom. The Kier molecular flexibility index (Phi) is 5.59. The number of carbonyl (C=O) groups excluding carboxylic acids is 1. The molecule has 1 amide bonds. The number of aryl methyl sites for hydroxylation is 2. The molecular weight excluding hydrogens is 374 g/mol. The first kappa shape index (κ1) is 18.9. The van der Waals surface area contributed by atoms with E-state index in [1.165, 1.54) is 23.7 Å². The summed E-state index contributed by atoms with van der Waals surface area (Å²) in [6.45, 7) is 5.49. The second kappa shape index (κ2) is 8.28. The molecule has 1 aromatic carbocycles. The number of nitrogens with one attached hydrogen (secondary N) is 1. The van der Waals surface area contributed by atoms with Gasteiger partial charge in [-0.3, -0.25) is 4.79 Å². The van der Waals surface area contributed by atoms with Crippen molar-refractivity contribution >= 4 is 28.7 Å². The van der Waals surface area contributed by atoms with E-state index in [2.05, 4.69) is 46.4 Å². The number of nitrogens with zero attached hydrogens (tertiary/aromatic N) is 4. The third-order valence-electron chi connectivity index (χ3n) is 4.80. The lowest BCUT2D eigenvalue weighted by Gasteiger charge is -2.10. The largest absolute Gasteiger partial charge is 0.376 e. The van der Waals surface area contributed by atoms with Crippen molar-refractivity contribution in [2.75, 3.05) is 18.9 Å². The average Bonchev–Trinajstić information content (AvgIpc) is 3.35. The van der Waals surface area contributed by atoms with Gasteiger partial charge in [-0.15, -0.1) is 0 Å². The fourth-order valence-electron chi connectivity index (χ4n) is 3.37. The molecular formula is C20H23N5O2S. The summed E-state index contributed by atoms with van der Waals surface area (Å²) >= 11 is 1.40. The quantitative estimate of drug-likeness (QED) is 0.509. The predicted octanol–water partition coefficient (Wildman–Crippen LogP) is 2.82. The molecule has 1 saturated heterocycles. The maximum atomic E-state index is 12.2. The number of ether oxygens (including phenoxy) is 1. The van der Waals surface area contributed by atoms with E-state index in [-0.39, 0.29) is 12.0 Å². The zero-order valence-corrected chi connectivity index (χ0v) is 16.8. The lowest BCUT2D eigenvalue weighted by molar-refractivity contribution is -0.119. The van der Waals surface area contributed by atoms with Crippen molar-refractivity contribution in [1.82, 2.24) is 25.1 Å². The average molecular weight is 398 g/mol. The third kappa shape index (κ3) is 4.02. The molecule has 0 saturated carbocycles. The van der Waals surface area contributed by atoms with Crippen LogP contribution in [0.3, 0.4) is 0 Å². The second-order valence-electron chi connectivity index (χ2n) is 6.99. The zero-order valence-electron chi connectivity index (χ0n) is 16.0. The molecule has 2 aromatic heterocycles. The van der Waals surface area contributed by atoms with E-state index in [0.29, 0.717) is 12.3 Å². The van der Waals surface area contributed by atoms with E-state index in [1.807, 2.05) is 10.7 Å². The van der Waals surface area contributed by atoms with Crippen molar-refractivity contribution in [3.63, 3.8) is 0 Å². The Labute approximate surface area is 167 Å². The summed E-state index contributed by atoms with van der Waals surface area (Å²) in [7, 11) is 0. The minimum atomic E-state index is -0.0194. The van der Waals surface area contributed by atoms with Crippen molar-refractivity contribution < 1.29 is 9.53 Å². The van der Waals surface area contributed by atoms with Gasteiger partial charge in [-0.05, 0) is 38.3 Å². The van der Waals surface area contributed by atoms with Crippen LogP contribution in [0.2, 0.25) is 0 Å². The van der Waals surface area contributed by atoms with E-state index >= 15 is 0 Å². The molecule has 3 aromatic rings. The van der Waals surface area contributed by atoms with E-state index in [0.717, 1.165) is 46.8 Å². The second-order valence-corrected chi connectivity index (χ2v) is 7.95. The molecule has 0 aliphatic carbocycles. The van der Waals surface area contributed by atoms with Gasteiger partial charge in [-0.25, -0.2) is 14.6 Å². The highest BCUT2D eigenvalue weighted by atomic mass is 32.2. The van der Waals surface area contributed by atoms with Gasteiger partial charge < -0.3 is 10.1 Å². The SMILES string of the molecule is Cc1ccc(-n2ncc3c(SCC(=O)NC[C@@H]4CCCO4)ncnc32)c(C)c1. The van der Waals surface area contributed by atoms with Crippen LogP contribution in [0, 0.1) is 13.8 Å². The molecule has 1 aliphatic rings. The molecule has 1 atom stereocenters. The molecule has 3 heterocycles. The summed E-state index contributed by atoms with van der Waals surface area (Å²) in [4.78, 5) is 20.9. The summed E-state index contributed by atoms with van der Waals surface area (Å²) in [6.07, 6.45) is 5.52. The van der Waals surface area contributed by atoms with Gasteiger partial charge in [-0.2, -0.15) is 5.10 Å². The van der Waals surface area contributed by atoms with Crippen LogP contribution in [0.15, 0.2) is 35.7 Å². The Balaban J connectivity index is 1.48. The monoisotopic (exact) mass is 397 g/mol. The molecule has 0 spiro atoms. The molecule has 1 aliphatic heterocycles. The normalized spacial score (nSPS) is 16.6. The van der Waals surface area contributed by atoms with Crippen molar-refractivity contribution in [2.24, 2.45) is 0 Å². The zero-order chi connectivity index (χ0) is 19.5. The van der Waals surface area contributed by atoms with Crippen LogP contribution < -0.4 is 5.32 Å². The van der Waals surface area contributed by atoms with Gasteiger partial charge in [0.1, 0.15) is 11.4 Å². The van der Waals surface area contributed by atoms with E-state index in [4.69, 9.17) is 4.74 Å². The maximum absolute atomic E-state index is 12.2. The lowest BCUT2D eigenvalue weighted by Crippen LogP contribution is -2.32. The molecule has 146 valence electrons. The first-order valence-corrected chi connectivity index (χ1v) is 10.4. The van der Waals surface area contributed by atoms with E-state index in [9.17, 15) is 4.79 Å². The molecule has 1 fully saturated rings. The van der Waals surface area contributed by atoms with Gasteiger partial charge >= 0.3 is 0 Å². The Morgan fingerprint density at radius 1 is 1.36 bits per heavy atom. The Hall–Kier alpha value is -2.45. The van der Waals surface area contributed by atoms with Crippen LogP contribution in [0.25, 0.3) is 16.7 Å². The highest BCUT2D eigenvalue weighted by Crippen LogP contribution is 2.26. The number of hydrogen-bond acceptors (Lipinski definition) is 6.